The van der Waals surface area contributed by atoms with Crippen LogP contribution in [0.4, 0.5) is 5.13 Å². The predicted molar refractivity (Wildman–Crippen MR) is 137 cm³/mol. The van der Waals surface area contributed by atoms with E-state index in [9.17, 15) is 18.5 Å². The van der Waals surface area contributed by atoms with Gasteiger partial charge >= 0.3 is 0 Å². The van der Waals surface area contributed by atoms with E-state index in [1.807, 2.05) is 24.3 Å². The molecule has 0 spiro atoms. The fourth-order valence-corrected chi connectivity index (χ4v) is 4.47. The molecule has 3 aromatic rings. The number of anilines is 1. The Morgan fingerprint density at radius 2 is 1.84 bits per heavy atom. The summed E-state index contributed by atoms with van der Waals surface area (Å²) < 4.78 is 49.4. The van der Waals surface area contributed by atoms with E-state index in [2.05, 4.69) is 14.7 Å². The Kier molecular flexibility index (Phi) is 9.42. The average molecular weight is 545 g/mol. The van der Waals surface area contributed by atoms with Crippen molar-refractivity contribution < 1.29 is 32.2 Å². The molecule has 0 radical (unpaired) electrons. The zero-order valence-corrected chi connectivity index (χ0v) is 21.9. The standard InChI is InChI=1S/C24H24N4O7S2/c1-4-37(30,31)24-27-23(36-28-24)26-22(29)17(15-25)12-16-8-9-20(21(13-16)33-3)35-11-10-34-19-7-5-6-18(14-19)32-2/h5-9,12-14H,4,10-11H2,1-3H3,(H,26,27,28,29)/b17-12-. The minimum Gasteiger partial charge on any atom is -0.497 e. The number of nitrogens with one attached hydrogen (secondary N) is 1. The molecule has 2 aromatic carbocycles. The lowest BCUT2D eigenvalue weighted by Crippen LogP contribution is -2.14. The molecule has 1 heterocycles. The highest BCUT2D eigenvalue weighted by molar-refractivity contribution is 7.91. The van der Waals surface area contributed by atoms with E-state index in [1.165, 1.54) is 20.1 Å². The minimum atomic E-state index is -3.61. The highest BCUT2D eigenvalue weighted by Gasteiger charge is 2.20. The summed E-state index contributed by atoms with van der Waals surface area (Å²) in [7, 11) is -0.558. The molecule has 11 nitrogen and oxygen atoms in total. The van der Waals surface area contributed by atoms with Gasteiger partial charge in [0.05, 0.1) is 20.0 Å². The van der Waals surface area contributed by atoms with Crippen LogP contribution in [-0.4, -0.2) is 56.9 Å². The number of hydrogen-bond acceptors (Lipinski definition) is 11. The van der Waals surface area contributed by atoms with Crippen LogP contribution in [0.3, 0.4) is 0 Å². The van der Waals surface area contributed by atoms with E-state index in [1.54, 1.807) is 31.4 Å². The van der Waals surface area contributed by atoms with Crippen molar-refractivity contribution in [3.8, 4) is 29.1 Å². The third-order valence-electron chi connectivity index (χ3n) is 4.80. The third kappa shape index (κ3) is 7.42. The van der Waals surface area contributed by atoms with E-state index in [-0.39, 0.29) is 34.8 Å². The Bertz CT molecular complexity index is 1430. The second kappa shape index (κ2) is 12.7. The van der Waals surface area contributed by atoms with Crippen molar-refractivity contribution in [2.45, 2.75) is 12.1 Å². The van der Waals surface area contributed by atoms with Crippen LogP contribution in [0.25, 0.3) is 6.08 Å². The topological polar surface area (TPSA) is 150 Å². The Morgan fingerprint density at radius 1 is 1.08 bits per heavy atom. The average Bonchev–Trinajstić information content (AvgIpc) is 3.39. The summed E-state index contributed by atoms with van der Waals surface area (Å²) in [5, 5.41) is 11.5. The zero-order valence-electron chi connectivity index (χ0n) is 20.3. The Balaban J connectivity index is 1.64. The summed E-state index contributed by atoms with van der Waals surface area (Å²) in [6.45, 7) is 1.99. The van der Waals surface area contributed by atoms with Gasteiger partial charge in [-0.2, -0.15) is 14.6 Å². The Labute approximate surface area is 218 Å². The first-order valence-corrected chi connectivity index (χ1v) is 13.3. The number of rotatable bonds is 12. The van der Waals surface area contributed by atoms with Crippen molar-refractivity contribution in [1.82, 2.24) is 9.36 Å². The number of methoxy groups -OCH3 is 2. The van der Waals surface area contributed by atoms with Crippen LogP contribution in [0.1, 0.15) is 12.5 Å². The van der Waals surface area contributed by atoms with Crippen molar-refractivity contribution in [1.29, 1.82) is 5.26 Å². The van der Waals surface area contributed by atoms with Gasteiger partial charge in [-0.1, -0.05) is 19.1 Å². The molecule has 13 heteroatoms. The molecular weight excluding hydrogens is 520 g/mol. The van der Waals surface area contributed by atoms with Crippen LogP contribution in [0.15, 0.2) is 53.2 Å². The first kappa shape index (κ1) is 27.4. The van der Waals surface area contributed by atoms with E-state index in [4.69, 9.17) is 18.9 Å². The number of carbonyl (C=O) groups is 1. The van der Waals surface area contributed by atoms with Gasteiger partial charge in [0.25, 0.3) is 11.1 Å². The maximum absolute atomic E-state index is 12.5. The molecule has 37 heavy (non-hydrogen) atoms. The van der Waals surface area contributed by atoms with Crippen LogP contribution < -0.4 is 24.3 Å². The van der Waals surface area contributed by atoms with Crippen molar-refractivity contribution in [3.63, 3.8) is 0 Å². The number of nitrogens with zero attached hydrogens (tertiary/aromatic N) is 3. The van der Waals surface area contributed by atoms with Gasteiger partial charge in [-0.3, -0.25) is 10.1 Å². The molecule has 0 unspecified atom stereocenters. The van der Waals surface area contributed by atoms with Gasteiger partial charge in [0.15, 0.2) is 11.5 Å². The second-order valence-corrected chi connectivity index (χ2v) is 10.1. The molecule has 194 valence electrons. The van der Waals surface area contributed by atoms with Gasteiger partial charge < -0.3 is 18.9 Å². The third-order valence-corrected chi connectivity index (χ3v) is 7.05. The maximum Gasteiger partial charge on any atom is 0.268 e. The van der Waals surface area contributed by atoms with E-state index in [0.29, 0.717) is 40.1 Å². The molecule has 0 aliphatic carbocycles. The van der Waals surface area contributed by atoms with Crippen LogP contribution in [0, 0.1) is 11.3 Å². The molecule has 1 N–H and O–H groups in total. The van der Waals surface area contributed by atoms with Crippen molar-refractivity contribution in [3.05, 3.63) is 53.6 Å². The molecule has 1 aromatic heterocycles. The number of aromatic nitrogens is 2. The highest BCUT2D eigenvalue weighted by atomic mass is 32.2. The molecule has 1 amide bonds. The molecular formula is C24H24N4O7S2. The number of nitriles is 1. The second-order valence-electron chi connectivity index (χ2n) is 7.20. The first-order chi connectivity index (χ1) is 17.8. The molecule has 0 bridgehead atoms. The largest absolute Gasteiger partial charge is 0.497 e. The lowest BCUT2D eigenvalue weighted by Gasteiger charge is -2.12. The summed E-state index contributed by atoms with van der Waals surface area (Å²) in [5.41, 5.74) is 0.285. The SMILES string of the molecule is CCS(=O)(=O)c1nsc(NC(=O)/C(C#N)=C\c2ccc(OCCOc3cccc(OC)c3)c(OC)c2)n1. The summed E-state index contributed by atoms with van der Waals surface area (Å²) in [6.07, 6.45) is 1.36. The summed E-state index contributed by atoms with van der Waals surface area (Å²) >= 11 is 0.710. The number of sulfone groups is 1. The summed E-state index contributed by atoms with van der Waals surface area (Å²) in [6, 6.07) is 14.0. The molecule has 0 aliphatic rings. The number of hydrogen-bond donors (Lipinski definition) is 1. The monoisotopic (exact) mass is 544 g/mol. The van der Waals surface area contributed by atoms with E-state index in [0.717, 1.165) is 0 Å². The number of benzene rings is 2. The number of carbonyl (C=O) groups excluding carboxylic acids is 1. The van der Waals surface area contributed by atoms with Gasteiger partial charge in [0.2, 0.25) is 15.0 Å². The van der Waals surface area contributed by atoms with Crippen molar-refractivity contribution >= 4 is 38.5 Å². The fraction of sp³-hybridized carbons (Fsp3) is 0.250. The van der Waals surface area contributed by atoms with Gasteiger partial charge in [0.1, 0.15) is 36.4 Å². The number of ether oxygens (including phenoxy) is 4. The van der Waals surface area contributed by atoms with Gasteiger partial charge in [0, 0.05) is 17.6 Å². The van der Waals surface area contributed by atoms with Crippen LogP contribution >= 0.6 is 11.5 Å². The zero-order chi connectivity index (χ0) is 26.8. The predicted octanol–water partition coefficient (Wildman–Crippen LogP) is 3.35. The molecule has 3 rings (SSSR count). The molecule has 0 saturated heterocycles. The van der Waals surface area contributed by atoms with Gasteiger partial charge in [-0.15, -0.1) is 0 Å². The molecule has 0 aliphatic heterocycles. The highest BCUT2D eigenvalue weighted by Crippen LogP contribution is 2.29. The lowest BCUT2D eigenvalue weighted by molar-refractivity contribution is -0.112. The lowest BCUT2D eigenvalue weighted by atomic mass is 10.1. The summed E-state index contributed by atoms with van der Waals surface area (Å²) in [5.74, 6) is 1.26. The van der Waals surface area contributed by atoms with Crippen molar-refractivity contribution in [2.24, 2.45) is 0 Å². The quantitative estimate of drug-likeness (QED) is 0.204. The van der Waals surface area contributed by atoms with E-state index < -0.39 is 15.7 Å². The molecule has 0 saturated carbocycles. The van der Waals surface area contributed by atoms with Gasteiger partial charge in [-0.25, -0.2) is 8.42 Å². The normalized spacial score (nSPS) is 11.4. The first-order valence-electron chi connectivity index (χ1n) is 10.9. The smallest absolute Gasteiger partial charge is 0.268 e. The molecule has 0 atom stereocenters. The number of amides is 1. The molecule has 0 fully saturated rings. The van der Waals surface area contributed by atoms with Crippen LogP contribution in [0.5, 0.6) is 23.0 Å². The van der Waals surface area contributed by atoms with E-state index >= 15 is 0 Å². The maximum atomic E-state index is 12.5. The minimum absolute atomic E-state index is 0.0318. The Hall–Kier alpha value is -4.15. The summed E-state index contributed by atoms with van der Waals surface area (Å²) in [4.78, 5) is 16.4. The van der Waals surface area contributed by atoms with Crippen molar-refractivity contribution in [2.75, 3.05) is 38.5 Å². The van der Waals surface area contributed by atoms with Gasteiger partial charge in [-0.05, 0) is 35.9 Å². The Morgan fingerprint density at radius 3 is 2.54 bits per heavy atom. The van der Waals surface area contributed by atoms with Crippen LogP contribution in [0.2, 0.25) is 0 Å². The fourth-order valence-electron chi connectivity index (χ4n) is 2.89. The van der Waals surface area contributed by atoms with Crippen LogP contribution in [-0.2, 0) is 14.6 Å².